The number of carbonyl (C=O) groups is 1. The number of hydrogen-bond acceptors (Lipinski definition) is 6. The van der Waals surface area contributed by atoms with Crippen molar-refractivity contribution < 1.29 is 29.4 Å². The first kappa shape index (κ1) is 12.7. The normalized spacial score (nSPS) is 14.4. The van der Waals surface area contributed by atoms with Gasteiger partial charge < -0.3 is 30.4 Å². The summed E-state index contributed by atoms with van der Waals surface area (Å²) in [5, 5.41) is 27.8. The van der Waals surface area contributed by atoms with Gasteiger partial charge in [-0.15, -0.1) is 0 Å². The first-order valence-corrected chi connectivity index (χ1v) is 5.27. The lowest BCUT2D eigenvalue weighted by molar-refractivity contribution is -0.138. The minimum absolute atomic E-state index is 0.0112. The van der Waals surface area contributed by atoms with Crippen LogP contribution in [0.3, 0.4) is 0 Å². The van der Waals surface area contributed by atoms with Crippen LogP contribution >= 0.6 is 0 Å². The Morgan fingerprint density at radius 3 is 2.72 bits per heavy atom. The Morgan fingerprint density at radius 1 is 1.44 bits per heavy atom. The predicted octanol–water partition coefficient (Wildman–Crippen LogP) is -1.78. The molecule has 0 radical (unpaired) electrons. The van der Waals surface area contributed by atoms with Gasteiger partial charge in [0, 0.05) is 12.0 Å². The standard InChI is InChI=1S/C10H12BNO6/c12-3-6(10(13)14)5-1-2-7-9(18-4-17-7)8(5)11(15)16/h1-2,6,15-16H,3-4,12H2,(H,13,14). The molecule has 1 atom stereocenters. The lowest BCUT2D eigenvalue weighted by atomic mass is 9.73. The summed E-state index contributed by atoms with van der Waals surface area (Å²) in [7, 11) is -1.86. The van der Waals surface area contributed by atoms with Gasteiger partial charge in [-0.1, -0.05) is 6.07 Å². The van der Waals surface area contributed by atoms with Crippen LogP contribution in [0.4, 0.5) is 0 Å². The van der Waals surface area contributed by atoms with E-state index in [-0.39, 0.29) is 30.1 Å². The molecule has 1 aromatic carbocycles. The van der Waals surface area contributed by atoms with Gasteiger partial charge in [0.15, 0.2) is 11.5 Å². The van der Waals surface area contributed by atoms with E-state index in [9.17, 15) is 14.8 Å². The van der Waals surface area contributed by atoms with Crippen molar-refractivity contribution in [3.63, 3.8) is 0 Å². The van der Waals surface area contributed by atoms with Crippen molar-refractivity contribution in [1.29, 1.82) is 0 Å². The van der Waals surface area contributed by atoms with Crippen molar-refractivity contribution in [3.05, 3.63) is 17.7 Å². The van der Waals surface area contributed by atoms with E-state index >= 15 is 0 Å². The Balaban J connectivity index is 2.57. The smallest absolute Gasteiger partial charge is 0.481 e. The molecule has 1 unspecified atom stereocenters. The number of nitrogens with two attached hydrogens (primary N) is 1. The van der Waals surface area contributed by atoms with Crippen LogP contribution in [0.15, 0.2) is 12.1 Å². The largest absolute Gasteiger partial charge is 0.492 e. The highest BCUT2D eigenvalue weighted by Crippen LogP contribution is 2.33. The number of carboxylic acids is 1. The van der Waals surface area contributed by atoms with E-state index in [0.29, 0.717) is 5.75 Å². The van der Waals surface area contributed by atoms with Crippen molar-refractivity contribution in [1.82, 2.24) is 0 Å². The van der Waals surface area contributed by atoms with Crippen LogP contribution in [0.25, 0.3) is 0 Å². The number of fused-ring (bicyclic) bond motifs is 1. The molecule has 0 fully saturated rings. The molecule has 0 aromatic heterocycles. The van der Waals surface area contributed by atoms with Crippen LogP contribution in [0, 0.1) is 0 Å². The second-order valence-corrected chi connectivity index (χ2v) is 3.80. The summed E-state index contributed by atoms with van der Waals surface area (Å²) in [6, 6.07) is 2.98. The molecule has 2 rings (SSSR count). The van der Waals surface area contributed by atoms with Crippen LogP contribution in [0.2, 0.25) is 0 Å². The summed E-state index contributed by atoms with van der Waals surface area (Å²) in [5.41, 5.74) is 5.60. The van der Waals surface area contributed by atoms with Crippen LogP contribution in [0.5, 0.6) is 11.5 Å². The van der Waals surface area contributed by atoms with Crippen molar-refractivity contribution in [2.75, 3.05) is 13.3 Å². The van der Waals surface area contributed by atoms with Gasteiger partial charge in [0.1, 0.15) is 0 Å². The zero-order valence-electron chi connectivity index (χ0n) is 9.37. The average molecular weight is 253 g/mol. The van der Waals surface area contributed by atoms with E-state index in [1.165, 1.54) is 12.1 Å². The molecular weight excluding hydrogens is 241 g/mol. The summed E-state index contributed by atoms with van der Waals surface area (Å²) in [4.78, 5) is 11.1. The molecular formula is C10H12BNO6. The number of ether oxygens (including phenoxy) is 2. The van der Waals surface area contributed by atoms with Gasteiger partial charge in [0.25, 0.3) is 0 Å². The average Bonchev–Trinajstić information content (AvgIpc) is 2.76. The van der Waals surface area contributed by atoms with E-state index < -0.39 is 19.0 Å². The molecule has 8 heteroatoms. The zero-order valence-corrected chi connectivity index (χ0v) is 9.37. The summed E-state index contributed by atoms with van der Waals surface area (Å²) in [6.07, 6.45) is 0. The fraction of sp³-hybridized carbons (Fsp3) is 0.300. The summed E-state index contributed by atoms with van der Waals surface area (Å²) in [5.74, 6) is -1.67. The van der Waals surface area contributed by atoms with Gasteiger partial charge in [0.05, 0.1) is 5.92 Å². The topological polar surface area (TPSA) is 122 Å². The Kier molecular flexibility index (Phi) is 3.42. The van der Waals surface area contributed by atoms with Gasteiger partial charge in [-0.3, -0.25) is 4.79 Å². The van der Waals surface area contributed by atoms with E-state index in [2.05, 4.69) is 0 Å². The van der Waals surface area contributed by atoms with Gasteiger partial charge in [-0.25, -0.2) is 0 Å². The highest BCUT2D eigenvalue weighted by molar-refractivity contribution is 6.60. The molecule has 1 aromatic rings. The SMILES string of the molecule is NCC(C(=O)O)c1ccc2c(c1B(O)O)OCO2. The zero-order chi connectivity index (χ0) is 13.3. The minimum Gasteiger partial charge on any atom is -0.481 e. The maximum Gasteiger partial charge on any atom is 0.492 e. The summed E-state index contributed by atoms with van der Waals surface area (Å²) >= 11 is 0. The van der Waals surface area contributed by atoms with E-state index in [1.807, 2.05) is 0 Å². The Hall–Kier alpha value is -1.77. The first-order chi connectivity index (χ1) is 8.56. The molecule has 96 valence electrons. The molecule has 7 nitrogen and oxygen atoms in total. The fourth-order valence-electron chi connectivity index (χ4n) is 1.94. The number of carboxylic acid groups (broad SMARTS) is 1. The van der Waals surface area contributed by atoms with E-state index in [0.717, 1.165) is 0 Å². The Morgan fingerprint density at radius 2 is 2.17 bits per heavy atom. The van der Waals surface area contributed by atoms with Crippen molar-refractivity contribution in [2.45, 2.75) is 5.92 Å². The third kappa shape index (κ3) is 2.01. The Labute approximate surface area is 103 Å². The third-order valence-corrected chi connectivity index (χ3v) is 2.78. The number of hydrogen-bond donors (Lipinski definition) is 4. The van der Waals surface area contributed by atoms with Crippen LogP contribution < -0.4 is 20.7 Å². The molecule has 0 amide bonds. The summed E-state index contributed by atoms with van der Waals surface area (Å²) in [6.45, 7) is -0.201. The van der Waals surface area contributed by atoms with E-state index in [1.54, 1.807) is 0 Å². The molecule has 0 aliphatic carbocycles. The van der Waals surface area contributed by atoms with Gasteiger partial charge in [0.2, 0.25) is 6.79 Å². The summed E-state index contributed by atoms with van der Waals surface area (Å²) < 4.78 is 10.2. The highest BCUT2D eigenvalue weighted by atomic mass is 16.7. The number of benzene rings is 1. The molecule has 1 aliphatic rings. The third-order valence-electron chi connectivity index (χ3n) is 2.78. The van der Waals surface area contributed by atoms with Crippen molar-refractivity contribution in [3.8, 4) is 11.5 Å². The van der Waals surface area contributed by atoms with Gasteiger partial charge >= 0.3 is 13.1 Å². The molecule has 1 aliphatic heterocycles. The second kappa shape index (κ2) is 4.85. The molecule has 0 saturated heterocycles. The second-order valence-electron chi connectivity index (χ2n) is 3.80. The maximum atomic E-state index is 11.1. The van der Waals surface area contributed by atoms with Gasteiger partial charge in [-0.05, 0) is 11.6 Å². The predicted molar refractivity (Wildman–Crippen MR) is 61.8 cm³/mol. The van der Waals surface area contributed by atoms with Crippen LogP contribution in [-0.2, 0) is 4.79 Å². The van der Waals surface area contributed by atoms with Crippen LogP contribution in [0.1, 0.15) is 11.5 Å². The molecule has 18 heavy (non-hydrogen) atoms. The van der Waals surface area contributed by atoms with Crippen molar-refractivity contribution >= 4 is 18.6 Å². The maximum absolute atomic E-state index is 11.1. The molecule has 1 heterocycles. The molecule has 0 saturated carbocycles. The number of aliphatic carboxylic acids is 1. The van der Waals surface area contributed by atoms with Gasteiger partial charge in [-0.2, -0.15) is 0 Å². The fourth-order valence-corrected chi connectivity index (χ4v) is 1.94. The highest BCUT2D eigenvalue weighted by Gasteiger charge is 2.32. The minimum atomic E-state index is -1.86. The molecule has 5 N–H and O–H groups in total. The lowest BCUT2D eigenvalue weighted by Crippen LogP contribution is -2.37. The van der Waals surface area contributed by atoms with Crippen molar-refractivity contribution in [2.24, 2.45) is 5.73 Å². The molecule has 0 bridgehead atoms. The quantitative estimate of drug-likeness (QED) is 0.468. The lowest BCUT2D eigenvalue weighted by Gasteiger charge is -2.16. The first-order valence-electron chi connectivity index (χ1n) is 5.27. The van der Waals surface area contributed by atoms with E-state index in [4.69, 9.17) is 20.3 Å². The van der Waals surface area contributed by atoms with Crippen LogP contribution in [-0.4, -0.2) is 41.6 Å². The molecule has 0 spiro atoms. The Bertz CT molecular complexity index is 478. The number of rotatable bonds is 4. The monoisotopic (exact) mass is 253 g/mol.